The maximum absolute atomic E-state index is 9.85. The SMILES string of the molecule is CCCNc1nc(-c2cc(Br)c(O)c(OC)c2)ncc1Br. The van der Waals surface area contributed by atoms with Gasteiger partial charge in [-0.1, -0.05) is 6.92 Å². The van der Waals surface area contributed by atoms with Crippen LogP contribution in [0.3, 0.4) is 0 Å². The number of rotatable bonds is 5. The second-order valence-electron chi connectivity index (χ2n) is 4.33. The summed E-state index contributed by atoms with van der Waals surface area (Å²) in [7, 11) is 1.50. The Bertz CT molecular complexity index is 650. The van der Waals surface area contributed by atoms with E-state index in [1.807, 2.05) is 0 Å². The van der Waals surface area contributed by atoms with Crippen LogP contribution in [0.25, 0.3) is 11.4 Å². The number of ether oxygens (including phenoxy) is 1. The van der Waals surface area contributed by atoms with E-state index >= 15 is 0 Å². The smallest absolute Gasteiger partial charge is 0.172 e. The molecule has 0 spiro atoms. The molecular formula is C14H15Br2N3O2. The van der Waals surface area contributed by atoms with Crippen molar-refractivity contribution in [1.29, 1.82) is 0 Å². The van der Waals surface area contributed by atoms with Gasteiger partial charge in [-0.3, -0.25) is 0 Å². The highest BCUT2D eigenvalue weighted by atomic mass is 79.9. The van der Waals surface area contributed by atoms with E-state index in [-0.39, 0.29) is 5.75 Å². The van der Waals surface area contributed by atoms with Crippen molar-refractivity contribution in [2.24, 2.45) is 0 Å². The molecule has 0 aliphatic heterocycles. The van der Waals surface area contributed by atoms with Crippen LogP contribution in [0.1, 0.15) is 13.3 Å². The van der Waals surface area contributed by atoms with Gasteiger partial charge < -0.3 is 15.2 Å². The van der Waals surface area contributed by atoms with Gasteiger partial charge in [0.25, 0.3) is 0 Å². The highest BCUT2D eigenvalue weighted by Gasteiger charge is 2.13. The fraction of sp³-hybridized carbons (Fsp3) is 0.286. The summed E-state index contributed by atoms with van der Waals surface area (Å²) in [5.74, 6) is 1.72. The van der Waals surface area contributed by atoms with E-state index in [0.29, 0.717) is 16.0 Å². The van der Waals surface area contributed by atoms with Gasteiger partial charge in [0.1, 0.15) is 5.82 Å². The first-order valence-corrected chi connectivity index (χ1v) is 7.98. The lowest BCUT2D eigenvalue weighted by atomic mass is 10.2. The number of hydrogen-bond donors (Lipinski definition) is 2. The summed E-state index contributed by atoms with van der Waals surface area (Å²) >= 11 is 6.73. The van der Waals surface area contributed by atoms with Crippen molar-refractivity contribution in [3.05, 3.63) is 27.3 Å². The molecule has 0 amide bonds. The molecule has 0 fully saturated rings. The first kappa shape index (κ1) is 16.0. The van der Waals surface area contributed by atoms with E-state index in [9.17, 15) is 5.11 Å². The minimum absolute atomic E-state index is 0.0580. The second-order valence-corrected chi connectivity index (χ2v) is 6.03. The van der Waals surface area contributed by atoms with Crippen LogP contribution < -0.4 is 10.1 Å². The lowest BCUT2D eigenvalue weighted by Gasteiger charge is -2.10. The molecule has 0 unspecified atom stereocenters. The number of nitrogens with zero attached hydrogens (tertiary/aromatic N) is 2. The summed E-state index contributed by atoms with van der Waals surface area (Å²) in [6.07, 6.45) is 2.71. The van der Waals surface area contributed by atoms with Crippen molar-refractivity contribution in [2.75, 3.05) is 19.0 Å². The molecule has 0 saturated carbocycles. The van der Waals surface area contributed by atoms with Gasteiger partial charge in [0.05, 0.1) is 16.1 Å². The molecule has 5 nitrogen and oxygen atoms in total. The van der Waals surface area contributed by atoms with Gasteiger partial charge in [-0.2, -0.15) is 0 Å². The maximum atomic E-state index is 9.85. The van der Waals surface area contributed by atoms with Crippen molar-refractivity contribution in [2.45, 2.75) is 13.3 Å². The number of halogens is 2. The molecule has 2 N–H and O–H groups in total. The molecule has 1 aromatic heterocycles. The number of phenols is 1. The van der Waals surface area contributed by atoms with Gasteiger partial charge in [-0.15, -0.1) is 0 Å². The maximum Gasteiger partial charge on any atom is 0.172 e. The summed E-state index contributed by atoms with van der Waals surface area (Å²) in [6, 6.07) is 3.46. The van der Waals surface area contributed by atoms with E-state index < -0.39 is 0 Å². The van der Waals surface area contributed by atoms with Crippen molar-refractivity contribution in [3.8, 4) is 22.9 Å². The van der Waals surface area contributed by atoms with Crippen molar-refractivity contribution < 1.29 is 9.84 Å². The molecule has 0 saturated heterocycles. The molecule has 1 heterocycles. The summed E-state index contributed by atoms with van der Waals surface area (Å²) in [4.78, 5) is 8.81. The number of benzene rings is 1. The zero-order valence-electron chi connectivity index (χ0n) is 11.7. The normalized spacial score (nSPS) is 10.5. The Kier molecular flexibility index (Phi) is 5.41. The molecule has 112 valence electrons. The topological polar surface area (TPSA) is 67.3 Å². The van der Waals surface area contributed by atoms with Crippen LogP contribution in [0.5, 0.6) is 11.5 Å². The molecule has 0 bridgehead atoms. The largest absolute Gasteiger partial charge is 0.503 e. The van der Waals surface area contributed by atoms with Gasteiger partial charge >= 0.3 is 0 Å². The molecule has 2 aromatic rings. The number of aromatic hydroxyl groups is 1. The van der Waals surface area contributed by atoms with Gasteiger partial charge in [0.2, 0.25) is 0 Å². The first-order valence-electron chi connectivity index (χ1n) is 6.40. The fourth-order valence-corrected chi connectivity index (χ4v) is 2.51. The summed E-state index contributed by atoms with van der Waals surface area (Å²) in [5, 5.41) is 13.1. The zero-order valence-corrected chi connectivity index (χ0v) is 14.8. The van der Waals surface area contributed by atoms with Crippen molar-refractivity contribution >= 4 is 37.7 Å². The predicted molar refractivity (Wildman–Crippen MR) is 89.9 cm³/mol. The molecule has 21 heavy (non-hydrogen) atoms. The third-order valence-electron chi connectivity index (χ3n) is 2.79. The second kappa shape index (κ2) is 7.09. The molecule has 0 atom stereocenters. The highest BCUT2D eigenvalue weighted by Crippen LogP contribution is 2.38. The molecule has 1 aromatic carbocycles. The van der Waals surface area contributed by atoms with Crippen molar-refractivity contribution in [1.82, 2.24) is 9.97 Å². The van der Waals surface area contributed by atoms with Crippen LogP contribution in [0.15, 0.2) is 27.3 Å². The van der Waals surface area contributed by atoms with E-state index in [1.54, 1.807) is 18.3 Å². The monoisotopic (exact) mass is 415 g/mol. The zero-order chi connectivity index (χ0) is 15.4. The van der Waals surface area contributed by atoms with Gasteiger partial charge in [0, 0.05) is 18.3 Å². The Hall–Kier alpha value is -1.34. The molecule has 0 radical (unpaired) electrons. The van der Waals surface area contributed by atoms with Crippen LogP contribution >= 0.6 is 31.9 Å². The van der Waals surface area contributed by atoms with Crippen LogP contribution in [0, 0.1) is 0 Å². The number of anilines is 1. The standard InChI is InChI=1S/C14H15Br2N3O2/c1-3-4-17-14-10(16)7-18-13(19-14)8-5-9(15)12(20)11(6-8)21-2/h5-7,20H,3-4H2,1-2H3,(H,17,18,19). The molecule has 0 aliphatic rings. The lowest BCUT2D eigenvalue weighted by molar-refractivity contribution is 0.372. The molecule has 7 heteroatoms. The van der Waals surface area contributed by atoms with Gasteiger partial charge in [-0.05, 0) is 50.4 Å². The van der Waals surface area contributed by atoms with Crippen molar-refractivity contribution in [3.63, 3.8) is 0 Å². The highest BCUT2D eigenvalue weighted by molar-refractivity contribution is 9.11. The Labute approximate surface area is 140 Å². The number of aromatic nitrogens is 2. The summed E-state index contributed by atoms with van der Waals surface area (Å²) in [6.45, 7) is 2.92. The summed E-state index contributed by atoms with van der Waals surface area (Å²) in [5.41, 5.74) is 0.753. The molecule has 2 rings (SSSR count). The Morgan fingerprint density at radius 3 is 2.71 bits per heavy atom. The van der Waals surface area contributed by atoms with E-state index in [4.69, 9.17) is 4.74 Å². The third kappa shape index (κ3) is 3.65. The van der Waals surface area contributed by atoms with Crippen LogP contribution in [0.4, 0.5) is 5.82 Å². The number of phenolic OH excluding ortho intramolecular Hbond substituents is 1. The Morgan fingerprint density at radius 1 is 1.29 bits per heavy atom. The van der Waals surface area contributed by atoms with E-state index in [1.165, 1.54) is 7.11 Å². The minimum Gasteiger partial charge on any atom is -0.503 e. The number of methoxy groups -OCH3 is 1. The Balaban J connectivity index is 2.44. The van der Waals surface area contributed by atoms with Crippen LogP contribution in [-0.2, 0) is 0 Å². The molecule has 0 aliphatic carbocycles. The average molecular weight is 417 g/mol. The third-order valence-corrected chi connectivity index (χ3v) is 3.98. The quantitative estimate of drug-likeness (QED) is 0.764. The average Bonchev–Trinajstić information content (AvgIpc) is 2.49. The lowest BCUT2D eigenvalue weighted by Crippen LogP contribution is -2.04. The summed E-state index contributed by atoms with van der Waals surface area (Å²) < 4.78 is 6.49. The first-order chi connectivity index (χ1) is 10.1. The van der Waals surface area contributed by atoms with E-state index in [2.05, 4.69) is 54.1 Å². The number of nitrogens with one attached hydrogen (secondary N) is 1. The Morgan fingerprint density at radius 2 is 2.05 bits per heavy atom. The number of hydrogen-bond acceptors (Lipinski definition) is 5. The van der Waals surface area contributed by atoms with E-state index in [0.717, 1.165) is 28.8 Å². The van der Waals surface area contributed by atoms with Gasteiger partial charge in [0.15, 0.2) is 17.3 Å². The van der Waals surface area contributed by atoms with Gasteiger partial charge in [-0.25, -0.2) is 9.97 Å². The minimum atomic E-state index is 0.0580. The predicted octanol–water partition coefficient (Wildman–Crippen LogP) is 4.20. The molecular weight excluding hydrogens is 402 g/mol. The van der Waals surface area contributed by atoms with Crippen LogP contribution in [-0.4, -0.2) is 28.7 Å². The van der Waals surface area contributed by atoms with Crippen LogP contribution in [0.2, 0.25) is 0 Å². The fourth-order valence-electron chi connectivity index (χ4n) is 1.73.